The summed E-state index contributed by atoms with van der Waals surface area (Å²) >= 11 is 0. The molecule has 0 heterocycles. The molecule has 52 heavy (non-hydrogen) atoms. The van der Waals surface area contributed by atoms with Gasteiger partial charge in [-0.2, -0.15) is 0 Å². The van der Waals surface area contributed by atoms with Gasteiger partial charge in [0.2, 0.25) is 5.91 Å². The number of aliphatic hydroxyl groups excluding tert-OH is 1. The number of hydrogen-bond donors (Lipinski definition) is 3. The standard InChI is InChI=1S/C42H70NO8P/c1-3-5-7-9-11-13-15-16-17-18-19-20-21-22-23-24-25-26-28-30-32-34-41(45)43-36-37-50-52(47,48)51-39-40(44)38-49-42(46)35-33-31-29-27-14-12-10-8-6-4-2/h5,7-8,10-11,13,16-17,19-20,22-23,25-26,40,44H,3-4,6,9,12,14-15,18,21,24,27-39H2,1-2H3,(H,43,45)(H,47,48)/b7-5-,10-8-,13-11-,17-16-,20-19-,23-22-,26-25-. The van der Waals surface area contributed by atoms with Gasteiger partial charge >= 0.3 is 13.8 Å². The molecule has 0 aliphatic heterocycles. The Hall–Kier alpha value is -2.81. The fourth-order valence-corrected chi connectivity index (χ4v) is 5.38. The minimum atomic E-state index is -4.43. The van der Waals surface area contributed by atoms with Crippen molar-refractivity contribution in [2.24, 2.45) is 0 Å². The largest absolute Gasteiger partial charge is 0.472 e. The van der Waals surface area contributed by atoms with E-state index in [0.29, 0.717) is 6.42 Å². The number of allylic oxidation sites excluding steroid dienone is 14. The van der Waals surface area contributed by atoms with E-state index >= 15 is 0 Å². The van der Waals surface area contributed by atoms with E-state index in [2.05, 4.69) is 104 Å². The molecule has 1 amide bonds. The number of esters is 1. The summed E-state index contributed by atoms with van der Waals surface area (Å²) < 4.78 is 26.7. The third kappa shape index (κ3) is 38.4. The molecule has 9 nitrogen and oxygen atoms in total. The highest BCUT2D eigenvalue weighted by atomic mass is 31.2. The van der Waals surface area contributed by atoms with Crippen LogP contribution in [0.1, 0.15) is 136 Å². The summed E-state index contributed by atoms with van der Waals surface area (Å²) in [6.45, 7) is 3.27. The van der Waals surface area contributed by atoms with Crippen molar-refractivity contribution in [1.82, 2.24) is 5.32 Å². The SMILES string of the molecule is CC/C=C\C/C=C\C/C=C\C/C=C\C/C=C\C/C=C\CCCCC(=O)NCCOP(=O)(O)OCC(O)COC(=O)CCCCCCC/C=C\CCC. The van der Waals surface area contributed by atoms with Gasteiger partial charge in [0.1, 0.15) is 12.7 Å². The van der Waals surface area contributed by atoms with Crippen LogP contribution in [0.25, 0.3) is 0 Å². The Morgan fingerprint density at radius 2 is 1.10 bits per heavy atom. The monoisotopic (exact) mass is 747 g/mol. The van der Waals surface area contributed by atoms with Gasteiger partial charge in [-0.3, -0.25) is 18.6 Å². The van der Waals surface area contributed by atoms with Crippen molar-refractivity contribution in [2.75, 3.05) is 26.4 Å². The van der Waals surface area contributed by atoms with Gasteiger partial charge in [0.05, 0.1) is 13.2 Å². The highest BCUT2D eigenvalue weighted by Gasteiger charge is 2.23. The van der Waals surface area contributed by atoms with Crippen LogP contribution in [0.5, 0.6) is 0 Å². The Labute approximate surface area is 315 Å². The molecule has 0 rings (SSSR count). The number of hydrogen-bond acceptors (Lipinski definition) is 7. The number of ether oxygens (including phenoxy) is 1. The Bertz CT molecular complexity index is 1130. The topological polar surface area (TPSA) is 131 Å². The zero-order valence-corrected chi connectivity index (χ0v) is 33.1. The fourth-order valence-electron chi connectivity index (χ4n) is 4.62. The van der Waals surface area contributed by atoms with Gasteiger partial charge in [0, 0.05) is 19.4 Å². The van der Waals surface area contributed by atoms with Gasteiger partial charge in [0.25, 0.3) is 0 Å². The average Bonchev–Trinajstić information content (AvgIpc) is 3.13. The van der Waals surface area contributed by atoms with Gasteiger partial charge in [-0.1, -0.05) is 125 Å². The molecule has 0 bridgehead atoms. The molecule has 0 saturated heterocycles. The van der Waals surface area contributed by atoms with Crippen LogP contribution in [0.4, 0.5) is 0 Å². The smallest absolute Gasteiger partial charge is 0.463 e. The molecule has 0 saturated carbocycles. The fraction of sp³-hybridized carbons (Fsp3) is 0.619. The van der Waals surface area contributed by atoms with E-state index in [9.17, 15) is 24.2 Å². The summed E-state index contributed by atoms with van der Waals surface area (Å²) in [4.78, 5) is 33.7. The van der Waals surface area contributed by atoms with Crippen molar-refractivity contribution >= 4 is 19.7 Å². The number of unbranched alkanes of at least 4 members (excludes halogenated alkanes) is 8. The number of aliphatic hydroxyl groups is 1. The maximum absolute atomic E-state index is 12.0. The molecule has 0 radical (unpaired) electrons. The predicted molar refractivity (Wildman–Crippen MR) is 215 cm³/mol. The molecule has 0 aromatic rings. The maximum Gasteiger partial charge on any atom is 0.472 e. The van der Waals surface area contributed by atoms with Crippen LogP contribution in [0.3, 0.4) is 0 Å². The number of rotatable bonds is 35. The second-order valence-electron chi connectivity index (χ2n) is 12.5. The van der Waals surface area contributed by atoms with E-state index in [4.69, 9.17) is 13.8 Å². The van der Waals surface area contributed by atoms with E-state index in [1.807, 2.05) is 0 Å². The number of nitrogens with one attached hydrogen (secondary N) is 1. The van der Waals surface area contributed by atoms with Crippen LogP contribution in [-0.2, 0) is 27.9 Å². The quantitative estimate of drug-likeness (QED) is 0.0253. The van der Waals surface area contributed by atoms with E-state index in [0.717, 1.165) is 103 Å². The lowest BCUT2D eigenvalue weighted by atomic mass is 10.1. The molecule has 0 aliphatic carbocycles. The van der Waals surface area contributed by atoms with Gasteiger partial charge in [-0.25, -0.2) is 4.57 Å². The van der Waals surface area contributed by atoms with Crippen LogP contribution < -0.4 is 5.32 Å². The molecule has 2 atom stereocenters. The van der Waals surface area contributed by atoms with Gasteiger partial charge in [0.15, 0.2) is 0 Å². The first kappa shape index (κ1) is 49.2. The zero-order chi connectivity index (χ0) is 38.2. The summed E-state index contributed by atoms with van der Waals surface area (Å²) in [5.74, 6) is -0.582. The van der Waals surface area contributed by atoms with Gasteiger partial charge in [-0.05, 0) is 83.5 Å². The lowest BCUT2D eigenvalue weighted by molar-refractivity contribution is -0.147. The molecular weight excluding hydrogens is 677 g/mol. The molecule has 0 spiro atoms. The molecule has 0 aliphatic rings. The van der Waals surface area contributed by atoms with Crippen LogP contribution in [0.15, 0.2) is 85.1 Å². The molecule has 10 heteroatoms. The van der Waals surface area contributed by atoms with E-state index in [-0.39, 0.29) is 32.1 Å². The Kier molecular flexibility index (Phi) is 35.9. The Morgan fingerprint density at radius 1 is 0.615 bits per heavy atom. The third-order valence-corrected chi connectivity index (χ3v) is 8.52. The van der Waals surface area contributed by atoms with Crippen molar-refractivity contribution in [1.29, 1.82) is 0 Å². The molecule has 0 aromatic heterocycles. The third-order valence-electron chi connectivity index (χ3n) is 7.54. The number of phosphoric ester groups is 1. The van der Waals surface area contributed by atoms with Crippen molar-refractivity contribution < 1.29 is 37.9 Å². The van der Waals surface area contributed by atoms with Crippen LogP contribution in [0, 0.1) is 0 Å². The Morgan fingerprint density at radius 3 is 1.69 bits per heavy atom. The average molecular weight is 748 g/mol. The van der Waals surface area contributed by atoms with Gasteiger partial charge in [-0.15, -0.1) is 0 Å². The number of amides is 1. The van der Waals surface area contributed by atoms with Crippen molar-refractivity contribution in [2.45, 2.75) is 142 Å². The summed E-state index contributed by atoms with van der Waals surface area (Å²) in [5.41, 5.74) is 0. The summed E-state index contributed by atoms with van der Waals surface area (Å²) in [5, 5.41) is 12.6. The maximum atomic E-state index is 12.0. The summed E-state index contributed by atoms with van der Waals surface area (Å²) in [7, 11) is -4.43. The Balaban J connectivity index is 3.73. The van der Waals surface area contributed by atoms with E-state index in [1.165, 1.54) is 6.42 Å². The summed E-state index contributed by atoms with van der Waals surface area (Å²) in [6, 6.07) is 0. The molecule has 0 aromatic carbocycles. The van der Waals surface area contributed by atoms with Gasteiger partial charge < -0.3 is 20.1 Å². The zero-order valence-electron chi connectivity index (χ0n) is 32.2. The first-order chi connectivity index (χ1) is 25.3. The molecular formula is C42H70NO8P. The first-order valence-corrected chi connectivity index (χ1v) is 21.1. The van der Waals surface area contributed by atoms with Crippen molar-refractivity contribution in [3.63, 3.8) is 0 Å². The lowest BCUT2D eigenvalue weighted by Crippen LogP contribution is -2.27. The first-order valence-electron chi connectivity index (χ1n) is 19.6. The highest BCUT2D eigenvalue weighted by molar-refractivity contribution is 7.47. The second-order valence-corrected chi connectivity index (χ2v) is 14.0. The van der Waals surface area contributed by atoms with Crippen molar-refractivity contribution in [3.05, 3.63) is 85.1 Å². The normalized spacial score (nSPS) is 14.3. The van der Waals surface area contributed by atoms with E-state index in [1.54, 1.807) is 0 Å². The predicted octanol–water partition coefficient (Wildman–Crippen LogP) is 10.5. The van der Waals surface area contributed by atoms with Crippen LogP contribution in [-0.4, -0.2) is 54.3 Å². The van der Waals surface area contributed by atoms with Crippen LogP contribution >= 0.6 is 7.82 Å². The molecule has 0 fully saturated rings. The minimum absolute atomic E-state index is 0.0517. The molecule has 3 N–H and O–H groups in total. The van der Waals surface area contributed by atoms with Crippen LogP contribution in [0.2, 0.25) is 0 Å². The highest BCUT2D eigenvalue weighted by Crippen LogP contribution is 2.42. The minimum Gasteiger partial charge on any atom is -0.463 e. The second kappa shape index (κ2) is 37.9. The van der Waals surface area contributed by atoms with E-state index < -0.39 is 26.5 Å². The number of carbonyl (C=O) groups is 2. The molecule has 2 unspecified atom stereocenters. The number of carbonyl (C=O) groups excluding carboxylic acids is 2. The molecule has 296 valence electrons. The lowest BCUT2D eigenvalue weighted by Gasteiger charge is -2.15. The summed E-state index contributed by atoms with van der Waals surface area (Å²) in [6.07, 6.45) is 46.7. The van der Waals surface area contributed by atoms with Crippen molar-refractivity contribution in [3.8, 4) is 0 Å². The number of phosphoric acid groups is 1.